The molecule has 0 aromatic rings. The molecule has 0 atom stereocenters. The first kappa shape index (κ1) is 19.7. The van der Waals surface area contributed by atoms with Gasteiger partial charge in [-0.3, -0.25) is 4.79 Å². The topological polar surface area (TPSA) is 41.1 Å². The average molecular weight is 353 g/mol. The van der Waals surface area contributed by atoms with Gasteiger partial charge in [0.1, 0.15) is 0 Å². The number of thiocarbonyl (C=S) groups is 1. The molecule has 0 bridgehead atoms. The van der Waals surface area contributed by atoms with E-state index in [-0.39, 0.29) is 5.91 Å². The molecule has 0 spiro atoms. The minimum Gasteiger partial charge on any atom is -0.360 e. The maximum Gasteiger partial charge on any atom is 0.226 e. The van der Waals surface area contributed by atoms with Crippen LogP contribution in [0.25, 0.3) is 0 Å². The molecule has 2 fully saturated rings. The Morgan fingerprint density at radius 2 is 1.62 bits per heavy atom. The first-order valence-electron chi connectivity index (χ1n) is 9.95. The molecule has 0 aromatic heterocycles. The van der Waals surface area contributed by atoms with Crippen LogP contribution in [-0.4, -0.2) is 17.1 Å². The fourth-order valence-corrected chi connectivity index (χ4v) is 4.61. The Balaban J connectivity index is 1.61. The van der Waals surface area contributed by atoms with Gasteiger partial charge in [-0.2, -0.15) is 0 Å². The maximum absolute atomic E-state index is 12.1. The first-order chi connectivity index (χ1) is 11.3. The van der Waals surface area contributed by atoms with E-state index in [1.54, 1.807) is 0 Å². The molecule has 2 aliphatic rings. The van der Waals surface area contributed by atoms with Crippen LogP contribution in [-0.2, 0) is 4.79 Å². The van der Waals surface area contributed by atoms with Crippen molar-refractivity contribution in [2.75, 3.05) is 0 Å². The fourth-order valence-electron chi connectivity index (χ4n) is 4.33. The lowest BCUT2D eigenvalue weighted by molar-refractivity contribution is -0.120. The Labute approximate surface area is 153 Å². The molecule has 4 heteroatoms. The molecule has 0 aromatic carbocycles. The highest BCUT2D eigenvalue weighted by Crippen LogP contribution is 2.37. The number of rotatable bonds is 4. The molecular weight excluding hydrogens is 316 g/mol. The number of carbonyl (C=O) groups excluding carboxylic acids is 1. The minimum atomic E-state index is 0.0847. The third kappa shape index (κ3) is 6.70. The summed E-state index contributed by atoms with van der Waals surface area (Å²) in [4.78, 5) is 12.1. The van der Waals surface area contributed by atoms with Gasteiger partial charge in [-0.1, -0.05) is 52.9 Å². The van der Waals surface area contributed by atoms with Crippen LogP contribution in [0.2, 0.25) is 0 Å². The maximum atomic E-state index is 12.1. The van der Waals surface area contributed by atoms with E-state index >= 15 is 0 Å². The predicted molar refractivity (Wildman–Crippen MR) is 105 cm³/mol. The second kappa shape index (κ2) is 9.17. The molecule has 2 N–H and O–H groups in total. The Bertz CT molecular complexity index is 416. The zero-order valence-corrected chi connectivity index (χ0v) is 16.6. The molecule has 138 valence electrons. The molecule has 0 aliphatic heterocycles. The quantitative estimate of drug-likeness (QED) is 0.704. The van der Waals surface area contributed by atoms with Gasteiger partial charge in [-0.05, 0) is 61.6 Å². The van der Waals surface area contributed by atoms with Crippen molar-refractivity contribution in [3.8, 4) is 0 Å². The Kier molecular flexibility index (Phi) is 7.52. The smallest absolute Gasteiger partial charge is 0.226 e. The van der Waals surface area contributed by atoms with Gasteiger partial charge in [0, 0.05) is 12.5 Å². The van der Waals surface area contributed by atoms with Crippen LogP contribution in [0, 0.1) is 17.3 Å². The van der Waals surface area contributed by atoms with Crippen LogP contribution < -0.4 is 10.6 Å². The van der Waals surface area contributed by atoms with E-state index in [1.807, 2.05) is 0 Å². The van der Waals surface area contributed by atoms with E-state index in [4.69, 9.17) is 12.2 Å². The number of hydrogen-bond acceptors (Lipinski definition) is 2. The summed E-state index contributed by atoms with van der Waals surface area (Å²) in [6.45, 7) is 7.01. The van der Waals surface area contributed by atoms with Crippen molar-refractivity contribution in [2.45, 2.75) is 97.4 Å². The van der Waals surface area contributed by atoms with E-state index < -0.39 is 0 Å². The Hall–Kier alpha value is -0.640. The van der Waals surface area contributed by atoms with E-state index in [0.717, 1.165) is 31.1 Å². The zero-order valence-electron chi connectivity index (χ0n) is 15.8. The van der Waals surface area contributed by atoms with E-state index in [1.165, 1.54) is 44.9 Å². The van der Waals surface area contributed by atoms with Crippen molar-refractivity contribution in [3.05, 3.63) is 0 Å². The van der Waals surface area contributed by atoms with Crippen LogP contribution in [0.5, 0.6) is 0 Å². The van der Waals surface area contributed by atoms with Crippen molar-refractivity contribution < 1.29 is 4.79 Å². The lowest BCUT2D eigenvalue weighted by Gasteiger charge is -2.37. The van der Waals surface area contributed by atoms with Crippen LogP contribution in [0.3, 0.4) is 0 Å². The summed E-state index contributed by atoms with van der Waals surface area (Å²) in [5.74, 6) is 1.63. The number of nitrogens with one attached hydrogen (secondary N) is 2. The number of amides is 1. The summed E-state index contributed by atoms with van der Waals surface area (Å²) in [6, 6.07) is 0.426. The second-order valence-corrected chi connectivity index (χ2v) is 9.39. The van der Waals surface area contributed by atoms with Crippen molar-refractivity contribution in [1.82, 2.24) is 10.6 Å². The fraction of sp³-hybridized carbons (Fsp3) is 0.900. The van der Waals surface area contributed by atoms with Gasteiger partial charge in [0.2, 0.25) is 5.91 Å². The van der Waals surface area contributed by atoms with Crippen LogP contribution in [0.4, 0.5) is 0 Å². The van der Waals surface area contributed by atoms with Crippen molar-refractivity contribution in [2.24, 2.45) is 17.3 Å². The number of carbonyl (C=O) groups is 1. The summed E-state index contributed by atoms with van der Waals surface area (Å²) in [6.07, 6.45) is 13.1. The lowest BCUT2D eigenvalue weighted by atomic mass is 9.71. The van der Waals surface area contributed by atoms with Crippen molar-refractivity contribution >= 4 is 23.2 Å². The molecule has 1 amide bonds. The SMILES string of the molecule is CC(C)(C)C1CCC(NC(=S)NC(=O)CCC2CCCCC2)CC1. The predicted octanol–water partition coefficient (Wildman–Crippen LogP) is 4.94. The highest BCUT2D eigenvalue weighted by molar-refractivity contribution is 7.80. The van der Waals surface area contributed by atoms with Gasteiger partial charge in [0.25, 0.3) is 0 Å². The zero-order chi connectivity index (χ0) is 17.6. The third-order valence-electron chi connectivity index (χ3n) is 6.04. The summed E-state index contributed by atoms with van der Waals surface area (Å²) in [5, 5.41) is 6.78. The highest BCUT2D eigenvalue weighted by Gasteiger charge is 2.29. The molecule has 3 nitrogen and oxygen atoms in total. The molecule has 0 radical (unpaired) electrons. The number of hydrogen-bond donors (Lipinski definition) is 2. The normalized spacial score (nSPS) is 26.0. The van der Waals surface area contributed by atoms with Crippen molar-refractivity contribution in [3.63, 3.8) is 0 Å². The van der Waals surface area contributed by atoms with E-state index in [0.29, 0.717) is 23.0 Å². The molecule has 2 saturated carbocycles. The van der Waals surface area contributed by atoms with Gasteiger partial charge in [0.05, 0.1) is 0 Å². The molecule has 2 rings (SSSR count). The van der Waals surface area contributed by atoms with Gasteiger partial charge in [-0.25, -0.2) is 0 Å². The minimum absolute atomic E-state index is 0.0847. The van der Waals surface area contributed by atoms with Crippen LogP contribution in [0.15, 0.2) is 0 Å². The molecule has 0 saturated heterocycles. The monoisotopic (exact) mass is 352 g/mol. The molecule has 0 heterocycles. The first-order valence-corrected chi connectivity index (χ1v) is 10.4. The third-order valence-corrected chi connectivity index (χ3v) is 6.26. The lowest BCUT2D eigenvalue weighted by Crippen LogP contribution is -2.46. The van der Waals surface area contributed by atoms with Crippen molar-refractivity contribution in [1.29, 1.82) is 0 Å². The second-order valence-electron chi connectivity index (χ2n) is 8.98. The van der Waals surface area contributed by atoms with Gasteiger partial charge in [0.15, 0.2) is 5.11 Å². The average Bonchev–Trinajstić information content (AvgIpc) is 2.53. The van der Waals surface area contributed by atoms with Crippen LogP contribution >= 0.6 is 12.2 Å². The molecule has 24 heavy (non-hydrogen) atoms. The summed E-state index contributed by atoms with van der Waals surface area (Å²) in [7, 11) is 0. The van der Waals surface area contributed by atoms with Crippen LogP contribution in [0.1, 0.15) is 91.4 Å². The van der Waals surface area contributed by atoms with E-state index in [2.05, 4.69) is 31.4 Å². The van der Waals surface area contributed by atoms with Gasteiger partial charge in [-0.15, -0.1) is 0 Å². The Morgan fingerprint density at radius 3 is 2.21 bits per heavy atom. The largest absolute Gasteiger partial charge is 0.360 e. The van der Waals surface area contributed by atoms with Gasteiger partial charge >= 0.3 is 0 Å². The standard InChI is InChI=1S/C20H36N2OS/c1-20(2,3)16-10-12-17(13-11-16)21-19(24)22-18(23)14-9-15-7-5-4-6-8-15/h15-17H,4-14H2,1-3H3,(H2,21,22,23,24). The summed E-state index contributed by atoms with van der Waals surface area (Å²) in [5.41, 5.74) is 0.402. The molecule has 2 aliphatic carbocycles. The summed E-state index contributed by atoms with van der Waals surface area (Å²) < 4.78 is 0. The Morgan fingerprint density at radius 1 is 1.00 bits per heavy atom. The van der Waals surface area contributed by atoms with Gasteiger partial charge < -0.3 is 10.6 Å². The summed E-state index contributed by atoms with van der Waals surface area (Å²) >= 11 is 5.34. The van der Waals surface area contributed by atoms with E-state index in [9.17, 15) is 4.79 Å². The highest BCUT2D eigenvalue weighted by atomic mass is 32.1. The molecule has 0 unspecified atom stereocenters. The molecular formula is C20H36N2OS.